The molecule has 0 aliphatic carbocycles. The molecule has 1 heterocycles. The average Bonchev–Trinajstić information content (AvgIpc) is 2.35. The van der Waals surface area contributed by atoms with E-state index < -0.39 is 0 Å². The van der Waals surface area contributed by atoms with Crippen LogP contribution in [0, 0.1) is 0 Å². The largest absolute Gasteiger partial charge is 0.506 e. The average molecular weight is 205 g/mol. The molecule has 0 fully saturated rings. The topological polar surface area (TPSA) is 33.1 Å². The molecule has 1 aromatic heterocycles. The van der Waals surface area contributed by atoms with Gasteiger partial charge in [-0.15, -0.1) is 0 Å². The van der Waals surface area contributed by atoms with Gasteiger partial charge in [0.15, 0.2) is 0 Å². The summed E-state index contributed by atoms with van der Waals surface area (Å²) < 4.78 is 0. The second-order valence-electron chi connectivity index (χ2n) is 2.35. The van der Waals surface area contributed by atoms with Crippen LogP contribution in [0.15, 0.2) is 36.5 Å². The van der Waals surface area contributed by atoms with Gasteiger partial charge in [0.1, 0.15) is 11.3 Å². The number of fused-ring (bicyclic) bond motifs is 1. The van der Waals surface area contributed by atoms with E-state index in [1.807, 2.05) is 45.9 Å². The number of aromatic nitrogens is 1. The third kappa shape index (κ3) is 3.58. The van der Waals surface area contributed by atoms with Crippen molar-refractivity contribution in [2.45, 2.75) is 27.7 Å². The standard InChI is InChI=1S/C9H7NO.2C2H6/c11-8-5-1-3-7-4-2-6-10-9(7)8;2*1-2/h1-6,11H;2*1-2H3. The van der Waals surface area contributed by atoms with Gasteiger partial charge in [0.05, 0.1) is 0 Å². The number of hydrogen-bond acceptors (Lipinski definition) is 2. The van der Waals surface area contributed by atoms with Crippen molar-refractivity contribution in [2.75, 3.05) is 0 Å². The lowest BCUT2D eigenvalue weighted by atomic mass is 10.2. The molecule has 0 atom stereocenters. The van der Waals surface area contributed by atoms with E-state index in [1.165, 1.54) is 0 Å². The van der Waals surface area contributed by atoms with E-state index in [1.54, 1.807) is 18.3 Å². The van der Waals surface area contributed by atoms with Crippen LogP contribution in [-0.4, -0.2) is 10.1 Å². The molecule has 0 amide bonds. The number of para-hydroxylation sites is 1. The van der Waals surface area contributed by atoms with Gasteiger partial charge in [0.25, 0.3) is 0 Å². The van der Waals surface area contributed by atoms with Crippen molar-refractivity contribution >= 4 is 10.9 Å². The number of phenolic OH excluding ortho intramolecular Hbond substituents is 1. The quantitative estimate of drug-likeness (QED) is 0.705. The smallest absolute Gasteiger partial charge is 0.141 e. The Hall–Kier alpha value is -1.57. The summed E-state index contributed by atoms with van der Waals surface area (Å²) in [6.07, 6.45) is 1.67. The van der Waals surface area contributed by atoms with Crippen LogP contribution in [0.5, 0.6) is 5.75 Å². The Kier molecular flexibility index (Phi) is 6.98. The highest BCUT2D eigenvalue weighted by Crippen LogP contribution is 2.20. The summed E-state index contributed by atoms with van der Waals surface area (Å²) in [5, 5.41) is 10.3. The highest BCUT2D eigenvalue weighted by Gasteiger charge is 1.96. The summed E-state index contributed by atoms with van der Waals surface area (Å²) in [7, 11) is 0. The molecule has 0 saturated carbocycles. The maximum Gasteiger partial charge on any atom is 0.141 e. The van der Waals surface area contributed by atoms with Crippen LogP contribution in [0.1, 0.15) is 27.7 Å². The molecule has 0 radical (unpaired) electrons. The molecule has 0 aliphatic rings. The molecule has 2 nitrogen and oxygen atoms in total. The van der Waals surface area contributed by atoms with Crippen molar-refractivity contribution in [3.8, 4) is 5.75 Å². The van der Waals surface area contributed by atoms with E-state index in [0.29, 0.717) is 5.52 Å². The number of benzene rings is 1. The molecule has 0 aliphatic heterocycles. The lowest BCUT2D eigenvalue weighted by Gasteiger charge is -1.96. The maximum atomic E-state index is 9.31. The van der Waals surface area contributed by atoms with Gasteiger partial charge in [-0.3, -0.25) is 4.98 Å². The number of aromatic hydroxyl groups is 1. The Morgan fingerprint density at radius 2 is 1.53 bits per heavy atom. The summed E-state index contributed by atoms with van der Waals surface area (Å²) in [5.41, 5.74) is 0.662. The Labute approximate surface area is 91.6 Å². The zero-order chi connectivity index (χ0) is 11.7. The molecule has 1 N–H and O–H groups in total. The molecular weight excluding hydrogens is 186 g/mol. The number of pyridine rings is 1. The SMILES string of the molecule is CC.CC.Oc1cccc2cccnc12. The number of phenols is 1. The minimum absolute atomic E-state index is 0.239. The number of nitrogens with zero attached hydrogens (tertiary/aromatic N) is 1. The first-order valence-corrected chi connectivity index (χ1v) is 5.40. The van der Waals surface area contributed by atoms with Crippen LogP contribution >= 0.6 is 0 Å². The van der Waals surface area contributed by atoms with Crippen molar-refractivity contribution in [3.05, 3.63) is 36.5 Å². The van der Waals surface area contributed by atoms with Crippen molar-refractivity contribution in [2.24, 2.45) is 0 Å². The van der Waals surface area contributed by atoms with Crippen LogP contribution in [0.2, 0.25) is 0 Å². The van der Waals surface area contributed by atoms with Gasteiger partial charge in [-0.05, 0) is 12.1 Å². The van der Waals surface area contributed by atoms with Gasteiger partial charge >= 0.3 is 0 Å². The minimum Gasteiger partial charge on any atom is -0.506 e. The van der Waals surface area contributed by atoms with Crippen LogP contribution in [0.4, 0.5) is 0 Å². The highest BCUT2D eigenvalue weighted by atomic mass is 16.3. The second-order valence-corrected chi connectivity index (χ2v) is 2.35. The van der Waals surface area contributed by atoms with E-state index >= 15 is 0 Å². The van der Waals surface area contributed by atoms with Crippen molar-refractivity contribution in [1.82, 2.24) is 4.98 Å². The first-order chi connectivity index (χ1) is 7.38. The fourth-order valence-corrected chi connectivity index (χ4v) is 1.09. The van der Waals surface area contributed by atoms with E-state index in [2.05, 4.69) is 4.98 Å². The van der Waals surface area contributed by atoms with E-state index in [-0.39, 0.29) is 5.75 Å². The first kappa shape index (κ1) is 13.4. The fraction of sp³-hybridized carbons (Fsp3) is 0.308. The molecule has 15 heavy (non-hydrogen) atoms. The predicted molar refractivity (Wildman–Crippen MR) is 66.1 cm³/mol. The van der Waals surface area contributed by atoms with Gasteiger partial charge in [-0.1, -0.05) is 45.9 Å². The summed E-state index contributed by atoms with van der Waals surface area (Å²) >= 11 is 0. The zero-order valence-corrected chi connectivity index (χ0v) is 9.86. The van der Waals surface area contributed by atoms with Crippen molar-refractivity contribution in [3.63, 3.8) is 0 Å². The van der Waals surface area contributed by atoms with Gasteiger partial charge < -0.3 is 5.11 Å². The third-order valence-electron chi connectivity index (χ3n) is 1.61. The van der Waals surface area contributed by atoms with Gasteiger partial charge in [0, 0.05) is 11.6 Å². The Morgan fingerprint density at radius 1 is 0.933 bits per heavy atom. The summed E-state index contributed by atoms with van der Waals surface area (Å²) in [4.78, 5) is 4.03. The van der Waals surface area contributed by atoms with Crippen LogP contribution in [0.25, 0.3) is 10.9 Å². The second kappa shape index (κ2) is 7.80. The molecule has 1 aromatic carbocycles. The predicted octanol–water partition coefficient (Wildman–Crippen LogP) is 3.99. The monoisotopic (exact) mass is 205 g/mol. The lowest BCUT2D eigenvalue weighted by Crippen LogP contribution is -1.76. The van der Waals surface area contributed by atoms with E-state index in [4.69, 9.17) is 0 Å². The maximum absolute atomic E-state index is 9.31. The number of rotatable bonds is 0. The van der Waals surface area contributed by atoms with Crippen LogP contribution in [0.3, 0.4) is 0 Å². The van der Waals surface area contributed by atoms with Gasteiger partial charge in [-0.2, -0.15) is 0 Å². The van der Waals surface area contributed by atoms with Crippen LogP contribution < -0.4 is 0 Å². The fourth-order valence-electron chi connectivity index (χ4n) is 1.09. The first-order valence-electron chi connectivity index (χ1n) is 5.40. The molecule has 0 bridgehead atoms. The molecule has 2 rings (SSSR count). The lowest BCUT2D eigenvalue weighted by molar-refractivity contribution is 0.480. The molecule has 2 heteroatoms. The van der Waals surface area contributed by atoms with Crippen molar-refractivity contribution in [1.29, 1.82) is 0 Å². The van der Waals surface area contributed by atoms with E-state index in [9.17, 15) is 5.11 Å². The summed E-state index contributed by atoms with van der Waals surface area (Å²) in [6.45, 7) is 8.00. The van der Waals surface area contributed by atoms with Gasteiger partial charge in [0.2, 0.25) is 0 Å². The molecule has 0 saturated heterocycles. The molecule has 2 aromatic rings. The molecule has 0 spiro atoms. The summed E-state index contributed by atoms with van der Waals surface area (Å²) in [6, 6.07) is 9.13. The van der Waals surface area contributed by atoms with E-state index in [0.717, 1.165) is 5.39 Å². The third-order valence-corrected chi connectivity index (χ3v) is 1.61. The Morgan fingerprint density at radius 3 is 2.13 bits per heavy atom. The Balaban J connectivity index is 0.000000442. The Bertz CT molecular complexity index is 380. The minimum atomic E-state index is 0.239. The van der Waals surface area contributed by atoms with Gasteiger partial charge in [-0.25, -0.2) is 0 Å². The normalized spacial score (nSPS) is 8.27. The molecular formula is C13H19NO. The number of hydrogen-bond donors (Lipinski definition) is 1. The molecule has 82 valence electrons. The highest BCUT2D eigenvalue weighted by molar-refractivity contribution is 5.83. The summed E-state index contributed by atoms with van der Waals surface area (Å²) in [5.74, 6) is 0.239. The molecule has 0 unspecified atom stereocenters. The zero-order valence-electron chi connectivity index (χ0n) is 9.86. The van der Waals surface area contributed by atoms with Crippen molar-refractivity contribution < 1.29 is 5.11 Å². The van der Waals surface area contributed by atoms with Crippen LogP contribution in [-0.2, 0) is 0 Å².